The van der Waals surface area contributed by atoms with Gasteiger partial charge in [-0.2, -0.15) is 4.31 Å². The summed E-state index contributed by atoms with van der Waals surface area (Å²) in [5.41, 5.74) is 0. The third kappa shape index (κ3) is 3.16. The van der Waals surface area contributed by atoms with Crippen molar-refractivity contribution in [3.8, 4) is 5.75 Å². The van der Waals surface area contributed by atoms with Gasteiger partial charge in [-0.05, 0) is 44.1 Å². The van der Waals surface area contributed by atoms with Gasteiger partial charge >= 0.3 is 0 Å². The summed E-state index contributed by atoms with van der Waals surface area (Å²) in [7, 11) is -0.139. The van der Waals surface area contributed by atoms with Crippen molar-refractivity contribution >= 4 is 26.0 Å². The molecule has 0 radical (unpaired) electrons. The Balaban J connectivity index is 2.29. The molecular formula is C13H19BrN2O3S. The first-order chi connectivity index (χ1) is 9.48. The van der Waals surface area contributed by atoms with Crippen molar-refractivity contribution in [2.45, 2.75) is 11.3 Å². The summed E-state index contributed by atoms with van der Waals surface area (Å²) in [5.74, 6) is 0.748. The van der Waals surface area contributed by atoms with E-state index < -0.39 is 10.0 Å². The average molecular weight is 363 g/mol. The van der Waals surface area contributed by atoms with E-state index in [0.29, 0.717) is 24.8 Å². The molecule has 0 aromatic heterocycles. The Kier molecular flexibility index (Phi) is 5.06. The van der Waals surface area contributed by atoms with Crippen LogP contribution >= 0.6 is 15.9 Å². The highest BCUT2D eigenvalue weighted by molar-refractivity contribution is 9.10. The van der Waals surface area contributed by atoms with Gasteiger partial charge in [0, 0.05) is 17.6 Å². The molecule has 1 aromatic rings. The van der Waals surface area contributed by atoms with Crippen molar-refractivity contribution in [3.05, 3.63) is 22.7 Å². The van der Waals surface area contributed by atoms with Crippen LogP contribution in [0.1, 0.15) is 6.42 Å². The number of methoxy groups -OCH3 is 1. The van der Waals surface area contributed by atoms with Crippen LogP contribution < -0.4 is 10.1 Å². The molecule has 1 saturated heterocycles. The third-order valence-electron chi connectivity index (χ3n) is 3.48. The molecule has 1 heterocycles. The van der Waals surface area contributed by atoms with Gasteiger partial charge in [0.15, 0.2) is 0 Å². The predicted octanol–water partition coefficient (Wildman–Crippen LogP) is 1.69. The van der Waals surface area contributed by atoms with Crippen molar-refractivity contribution in [2.24, 2.45) is 5.92 Å². The second kappa shape index (κ2) is 6.43. The zero-order valence-electron chi connectivity index (χ0n) is 11.6. The lowest BCUT2D eigenvalue weighted by Gasteiger charge is -2.18. The summed E-state index contributed by atoms with van der Waals surface area (Å²) in [6.07, 6.45) is 0.885. The van der Waals surface area contributed by atoms with Crippen LogP contribution in [0.4, 0.5) is 0 Å². The van der Waals surface area contributed by atoms with Crippen molar-refractivity contribution in [1.82, 2.24) is 9.62 Å². The van der Waals surface area contributed by atoms with Gasteiger partial charge < -0.3 is 10.1 Å². The van der Waals surface area contributed by atoms with E-state index in [1.165, 1.54) is 7.11 Å². The molecule has 20 heavy (non-hydrogen) atoms. The maximum absolute atomic E-state index is 12.7. The molecule has 1 aliphatic heterocycles. The van der Waals surface area contributed by atoms with Gasteiger partial charge in [-0.1, -0.05) is 15.9 Å². The molecule has 112 valence electrons. The number of sulfonamides is 1. The molecule has 2 rings (SSSR count). The highest BCUT2D eigenvalue weighted by Gasteiger charge is 2.34. The molecule has 1 aliphatic rings. The largest absolute Gasteiger partial charge is 0.495 e. The molecule has 5 nitrogen and oxygen atoms in total. The molecule has 7 heteroatoms. The number of rotatable bonds is 5. The van der Waals surface area contributed by atoms with Gasteiger partial charge in [0.1, 0.15) is 10.6 Å². The molecule has 1 atom stereocenters. The number of ether oxygens (including phenoxy) is 1. The van der Waals surface area contributed by atoms with E-state index in [0.717, 1.165) is 17.4 Å². The van der Waals surface area contributed by atoms with E-state index in [2.05, 4.69) is 21.2 Å². The van der Waals surface area contributed by atoms with Crippen LogP contribution in [0.3, 0.4) is 0 Å². The Labute approximate surface area is 128 Å². The Morgan fingerprint density at radius 1 is 1.50 bits per heavy atom. The number of halogens is 1. The lowest BCUT2D eigenvalue weighted by molar-refractivity contribution is 0.397. The van der Waals surface area contributed by atoms with Crippen molar-refractivity contribution in [2.75, 3.05) is 33.8 Å². The average Bonchev–Trinajstić information content (AvgIpc) is 2.88. The second-order valence-electron chi connectivity index (χ2n) is 4.87. The number of hydrogen-bond acceptors (Lipinski definition) is 4. The van der Waals surface area contributed by atoms with Crippen LogP contribution in [0.5, 0.6) is 5.75 Å². The number of nitrogens with one attached hydrogen (secondary N) is 1. The zero-order chi connectivity index (χ0) is 14.8. The van der Waals surface area contributed by atoms with Crippen LogP contribution in [-0.2, 0) is 10.0 Å². The van der Waals surface area contributed by atoms with E-state index in [9.17, 15) is 8.42 Å². The molecule has 0 aliphatic carbocycles. The minimum Gasteiger partial charge on any atom is -0.495 e. The normalized spacial score (nSPS) is 20.2. The molecule has 1 fully saturated rings. The molecule has 0 bridgehead atoms. The smallest absolute Gasteiger partial charge is 0.246 e. The molecule has 0 saturated carbocycles. The highest BCUT2D eigenvalue weighted by Crippen LogP contribution is 2.32. The van der Waals surface area contributed by atoms with Gasteiger partial charge in [0.05, 0.1) is 7.11 Å². The quantitative estimate of drug-likeness (QED) is 0.865. The summed E-state index contributed by atoms with van der Waals surface area (Å²) < 4.78 is 32.9. The highest BCUT2D eigenvalue weighted by atomic mass is 79.9. The summed E-state index contributed by atoms with van der Waals surface area (Å²) in [5, 5.41) is 3.10. The van der Waals surface area contributed by atoms with Crippen molar-refractivity contribution in [3.63, 3.8) is 0 Å². The first-order valence-electron chi connectivity index (χ1n) is 6.47. The topological polar surface area (TPSA) is 58.6 Å². The first-order valence-corrected chi connectivity index (χ1v) is 8.70. The van der Waals surface area contributed by atoms with Gasteiger partial charge in [-0.25, -0.2) is 8.42 Å². The Morgan fingerprint density at radius 3 is 2.90 bits per heavy atom. The van der Waals surface area contributed by atoms with Gasteiger partial charge in [-0.15, -0.1) is 0 Å². The summed E-state index contributed by atoms with van der Waals surface area (Å²) >= 11 is 3.31. The van der Waals surface area contributed by atoms with Crippen LogP contribution in [0, 0.1) is 5.92 Å². The zero-order valence-corrected chi connectivity index (χ0v) is 14.0. The van der Waals surface area contributed by atoms with Crippen LogP contribution in [-0.4, -0.2) is 46.5 Å². The molecule has 1 N–H and O–H groups in total. The Hall–Kier alpha value is -0.630. The number of benzene rings is 1. The van der Waals surface area contributed by atoms with E-state index >= 15 is 0 Å². The summed E-state index contributed by atoms with van der Waals surface area (Å²) in [6.45, 7) is 1.95. The monoisotopic (exact) mass is 362 g/mol. The molecule has 0 unspecified atom stereocenters. The first kappa shape index (κ1) is 15.8. The van der Waals surface area contributed by atoms with Crippen molar-refractivity contribution in [1.29, 1.82) is 0 Å². The Bertz CT molecular complexity index is 577. The van der Waals surface area contributed by atoms with Gasteiger partial charge in [-0.3, -0.25) is 0 Å². The minimum atomic E-state index is -3.50. The number of nitrogens with zero attached hydrogens (tertiary/aromatic N) is 1. The predicted molar refractivity (Wildman–Crippen MR) is 81.5 cm³/mol. The maximum Gasteiger partial charge on any atom is 0.246 e. The standard InChI is InChI=1S/C13H19BrN2O3S/c1-15-8-10-5-6-16(9-10)20(17,18)13-7-11(14)3-4-12(13)19-2/h3-4,7,10,15H,5-6,8-9H2,1-2H3/t10-/m1/s1. The van der Waals surface area contributed by atoms with E-state index in [-0.39, 0.29) is 4.90 Å². The van der Waals surface area contributed by atoms with Gasteiger partial charge in [0.25, 0.3) is 0 Å². The summed E-state index contributed by atoms with van der Waals surface area (Å²) in [6, 6.07) is 5.03. The fraction of sp³-hybridized carbons (Fsp3) is 0.538. The van der Waals surface area contributed by atoms with Crippen LogP contribution in [0.15, 0.2) is 27.6 Å². The van der Waals surface area contributed by atoms with E-state index in [1.807, 2.05) is 7.05 Å². The minimum absolute atomic E-state index is 0.222. The second-order valence-corrected chi connectivity index (χ2v) is 7.69. The molecule has 0 amide bonds. The fourth-order valence-corrected chi connectivity index (χ4v) is 4.69. The fourth-order valence-electron chi connectivity index (χ4n) is 2.46. The molecule has 1 aromatic carbocycles. The lowest BCUT2D eigenvalue weighted by Crippen LogP contribution is -2.30. The molecular weight excluding hydrogens is 344 g/mol. The van der Waals surface area contributed by atoms with Crippen LogP contribution in [0.2, 0.25) is 0 Å². The van der Waals surface area contributed by atoms with E-state index in [4.69, 9.17) is 4.74 Å². The summed E-state index contributed by atoms with van der Waals surface area (Å²) in [4.78, 5) is 0.222. The third-order valence-corrected chi connectivity index (χ3v) is 5.86. The number of hydrogen-bond donors (Lipinski definition) is 1. The SMILES string of the molecule is CNC[C@H]1CCN(S(=O)(=O)c2cc(Br)ccc2OC)C1. The van der Waals surface area contributed by atoms with Crippen molar-refractivity contribution < 1.29 is 13.2 Å². The lowest BCUT2D eigenvalue weighted by atomic mass is 10.1. The molecule has 0 spiro atoms. The van der Waals surface area contributed by atoms with E-state index in [1.54, 1.807) is 22.5 Å². The maximum atomic E-state index is 12.7. The Morgan fingerprint density at radius 2 is 2.25 bits per heavy atom. The van der Waals surface area contributed by atoms with Gasteiger partial charge in [0.2, 0.25) is 10.0 Å². The van der Waals surface area contributed by atoms with Crippen LogP contribution in [0.25, 0.3) is 0 Å².